The number of nitrogens with zero attached hydrogens (tertiary/aromatic N) is 4. The van der Waals surface area contributed by atoms with E-state index >= 15 is 0 Å². The van der Waals surface area contributed by atoms with Crippen molar-refractivity contribution in [2.45, 2.75) is 25.7 Å². The summed E-state index contributed by atoms with van der Waals surface area (Å²) >= 11 is 0. The minimum absolute atomic E-state index is 0.545. The van der Waals surface area contributed by atoms with Gasteiger partial charge in [-0.1, -0.05) is 18.2 Å². The molecule has 1 unspecified atom stereocenters. The van der Waals surface area contributed by atoms with Crippen LogP contribution in [0.4, 0.5) is 0 Å². The summed E-state index contributed by atoms with van der Waals surface area (Å²) in [4.78, 5) is 4.33. The zero-order valence-corrected chi connectivity index (χ0v) is 14.7. The van der Waals surface area contributed by atoms with Gasteiger partial charge in [0.05, 0.1) is 24.5 Å². The number of rotatable bonds is 5. The largest absolute Gasteiger partial charge is 0.460 e. The number of para-hydroxylation sites is 1. The van der Waals surface area contributed by atoms with Gasteiger partial charge in [-0.3, -0.25) is 9.58 Å². The number of likely N-dealkylation sites (N-methyl/N-ethyl adjacent to an activating group) is 1. The number of furan rings is 1. The van der Waals surface area contributed by atoms with Crippen LogP contribution in [0.2, 0.25) is 0 Å². The molecule has 6 heteroatoms. The normalized spacial score (nSPS) is 16.5. The maximum atomic E-state index is 10.3. The molecule has 1 atom stereocenters. The lowest BCUT2D eigenvalue weighted by atomic mass is 10.2. The molecule has 0 amide bonds. The first-order valence-electron chi connectivity index (χ1n) is 8.68. The van der Waals surface area contributed by atoms with Gasteiger partial charge in [-0.05, 0) is 32.3 Å². The second kappa shape index (κ2) is 6.63. The lowest BCUT2D eigenvalue weighted by molar-refractivity contribution is 0.133. The quantitative estimate of drug-likeness (QED) is 0.772. The molecule has 0 saturated carbocycles. The highest BCUT2D eigenvalue weighted by molar-refractivity contribution is 5.77. The van der Waals surface area contributed by atoms with Gasteiger partial charge in [0.2, 0.25) is 0 Å². The van der Waals surface area contributed by atoms with E-state index in [1.807, 2.05) is 47.9 Å². The van der Waals surface area contributed by atoms with E-state index in [-0.39, 0.29) is 0 Å². The SMILES string of the molecule is CN(C)CC(O)c1cc2n(n1)CCN(Cc1cc3ccccc3o1)C2. The molecule has 0 aliphatic carbocycles. The van der Waals surface area contributed by atoms with Crippen LogP contribution in [-0.2, 0) is 19.6 Å². The number of aliphatic hydroxyl groups excluding tert-OH is 1. The molecule has 4 rings (SSSR count). The second-order valence-electron chi connectivity index (χ2n) is 7.02. The van der Waals surface area contributed by atoms with Gasteiger partial charge in [0.1, 0.15) is 17.4 Å². The van der Waals surface area contributed by atoms with Crippen molar-refractivity contribution in [2.24, 2.45) is 0 Å². The molecule has 1 aliphatic heterocycles. The minimum Gasteiger partial charge on any atom is -0.460 e. The maximum absolute atomic E-state index is 10.3. The summed E-state index contributed by atoms with van der Waals surface area (Å²) in [6, 6.07) is 12.2. The molecule has 6 nitrogen and oxygen atoms in total. The zero-order valence-electron chi connectivity index (χ0n) is 14.7. The molecule has 0 radical (unpaired) electrons. The topological polar surface area (TPSA) is 57.7 Å². The van der Waals surface area contributed by atoms with Crippen molar-refractivity contribution >= 4 is 11.0 Å². The lowest BCUT2D eigenvalue weighted by Gasteiger charge is -2.26. The van der Waals surface area contributed by atoms with E-state index in [0.29, 0.717) is 6.54 Å². The van der Waals surface area contributed by atoms with Gasteiger partial charge in [0.25, 0.3) is 0 Å². The van der Waals surface area contributed by atoms with Crippen molar-refractivity contribution in [3.63, 3.8) is 0 Å². The third-order valence-corrected chi connectivity index (χ3v) is 4.63. The van der Waals surface area contributed by atoms with Crippen molar-refractivity contribution in [1.29, 1.82) is 0 Å². The van der Waals surface area contributed by atoms with Crippen molar-refractivity contribution in [3.8, 4) is 0 Å². The predicted molar refractivity (Wildman–Crippen MR) is 96.1 cm³/mol. The van der Waals surface area contributed by atoms with Gasteiger partial charge >= 0.3 is 0 Å². The Bertz CT molecular complexity index is 834. The van der Waals surface area contributed by atoms with Gasteiger partial charge in [-0.2, -0.15) is 5.10 Å². The highest BCUT2D eigenvalue weighted by Crippen LogP contribution is 2.23. The fourth-order valence-corrected chi connectivity index (χ4v) is 3.42. The fraction of sp³-hybridized carbons (Fsp3) is 0.421. The molecule has 0 fully saturated rings. The number of aliphatic hydroxyl groups is 1. The minimum atomic E-state index is -0.545. The molecule has 2 aromatic heterocycles. The van der Waals surface area contributed by atoms with Crippen LogP contribution < -0.4 is 0 Å². The van der Waals surface area contributed by atoms with Crippen LogP contribution in [0.25, 0.3) is 11.0 Å². The smallest absolute Gasteiger partial charge is 0.134 e. The van der Waals surface area contributed by atoms with Crippen molar-refractivity contribution in [2.75, 3.05) is 27.2 Å². The van der Waals surface area contributed by atoms with Crippen LogP contribution in [0.3, 0.4) is 0 Å². The average Bonchev–Trinajstić information content (AvgIpc) is 3.16. The summed E-state index contributed by atoms with van der Waals surface area (Å²) in [6.07, 6.45) is -0.545. The molecule has 1 aliphatic rings. The third-order valence-electron chi connectivity index (χ3n) is 4.63. The summed E-state index contributed by atoms with van der Waals surface area (Å²) in [5.41, 5.74) is 2.85. The summed E-state index contributed by atoms with van der Waals surface area (Å²) in [6.45, 7) is 3.95. The molecule has 0 saturated heterocycles. The van der Waals surface area contributed by atoms with E-state index in [1.54, 1.807) is 0 Å². The van der Waals surface area contributed by atoms with E-state index in [9.17, 15) is 5.11 Å². The Morgan fingerprint density at radius 2 is 2.08 bits per heavy atom. The molecule has 25 heavy (non-hydrogen) atoms. The van der Waals surface area contributed by atoms with E-state index in [4.69, 9.17) is 4.42 Å². The van der Waals surface area contributed by atoms with Gasteiger partial charge in [0.15, 0.2) is 0 Å². The summed E-state index contributed by atoms with van der Waals surface area (Å²) < 4.78 is 7.95. The first kappa shape index (κ1) is 16.3. The molecule has 3 heterocycles. The molecule has 0 bridgehead atoms. The Labute approximate surface area is 147 Å². The van der Waals surface area contributed by atoms with Crippen LogP contribution in [0, 0.1) is 0 Å². The highest BCUT2D eigenvalue weighted by Gasteiger charge is 2.22. The molecule has 1 N–H and O–H groups in total. The van der Waals surface area contributed by atoms with E-state index in [2.05, 4.69) is 22.1 Å². The van der Waals surface area contributed by atoms with Gasteiger partial charge in [-0.15, -0.1) is 0 Å². The monoisotopic (exact) mass is 340 g/mol. The first-order chi connectivity index (χ1) is 12.1. The number of hydrogen-bond donors (Lipinski definition) is 1. The maximum Gasteiger partial charge on any atom is 0.134 e. The Morgan fingerprint density at radius 3 is 2.88 bits per heavy atom. The van der Waals surface area contributed by atoms with Crippen molar-refractivity contribution < 1.29 is 9.52 Å². The van der Waals surface area contributed by atoms with Crippen LogP contribution in [0.5, 0.6) is 0 Å². The number of aromatic nitrogens is 2. The van der Waals surface area contributed by atoms with Gasteiger partial charge in [0, 0.05) is 25.0 Å². The fourth-order valence-electron chi connectivity index (χ4n) is 3.42. The van der Waals surface area contributed by atoms with E-state index in [0.717, 1.165) is 54.3 Å². The predicted octanol–water partition coefficient (Wildman–Crippen LogP) is 2.24. The van der Waals surface area contributed by atoms with Crippen molar-refractivity contribution in [1.82, 2.24) is 19.6 Å². The Kier molecular flexibility index (Phi) is 4.33. The Balaban J connectivity index is 1.46. The summed E-state index contributed by atoms with van der Waals surface area (Å²) in [5.74, 6) is 0.988. The number of benzene rings is 1. The molecule has 132 valence electrons. The zero-order chi connectivity index (χ0) is 17.4. The second-order valence-corrected chi connectivity index (χ2v) is 7.02. The highest BCUT2D eigenvalue weighted by atomic mass is 16.3. The molecule has 1 aromatic carbocycles. The van der Waals surface area contributed by atoms with Crippen molar-refractivity contribution in [3.05, 3.63) is 53.5 Å². The standard InChI is InChI=1S/C19H24N4O2/c1-21(2)13-18(24)17-10-15-11-22(7-8-23(15)20-17)12-16-9-14-5-3-4-6-19(14)25-16/h3-6,9-10,18,24H,7-8,11-13H2,1-2H3. The molecule has 0 spiro atoms. The van der Waals surface area contributed by atoms with E-state index < -0.39 is 6.10 Å². The number of fused-ring (bicyclic) bond motifs is 2. The van der Waals surface area contributed by atoms with Gasteiger partial charge < -0.3 is 14.4 Å². The first-order valence-corrected chi connectivity index (χ1v) is 8.68. The van der Waals surface area contributed by atoms with E-state index in [1.165, 1.54) is 0 Å². The summed E-state index contributed by atoms with van der Waals surface area (Å²) in [7, 11) is 3.91. The Morgan fingerprint density at radius 1 is 1.24 bits per heavy atom. The van der Waals surface area contributed by atoms with Crippen LogP contribution in [0.15, 0.2) is 40.8 Å². The van der Waals surface area contributed by atoms with Crippen LogP contribution >= 0.6 is 0 Å². The lowest BCUT2D eigenvalue weighted by Crippen LogP contribution is -2.33. The average molecular weight is 340 g/mol. The van der Waals surface area contributed by atoms with Crippen LogP contribution in [-0.4, -0.2) is 51.9 Å². The number of hydrogen-bond acceptors (Lipinski definition) is 5. The molecule has 3 aromatic rings. The molecular weight excluding hydrogens is 316 g/mol. The summed E-state index contributed by atoms with van der Waals surface area (Å²) in [5, 5.41) is 16.0. The van der Waals surface area contributed by atoms with Crippen LogP contribution in [0.1, 0.15) is 23.3 Å². The Hall–Kier alpha value is -2.15. The van der Waals surface area contributed by atoms with Gasteiger partial charge in [-0.25, -0.2) is 0 Å². The molecular formula is C19H24N4O2. The third kappa shape index (κ3) is 3.46.